The minimum absolute atomic E-state index is 0.0233. The largest absolute Gasteiger partial charge is 0.471 e. The third-order valence-corrected chi connectivity index (χ3v) is 9.91. The van der Waals surface area contributed by atoms with Crippen molar-refractivity contribution in [2.75, 3.05) is 12.3 Å². The second kappa shape index (κ2) is 15.6. The van der Waals surface area contributed by atoms with Crippen LogP contribution in [0.4, 0.5) is 13.2 Å². The normalized spacial score (nSPS) is 21.0. The van der Waals surface area contributed by atoms with Crippen LogP contribution in [0.5, 0.6) is 0 Å². The summed E-state index contributed by atoms with van der Waals surface area (Å²) in [5, 5.41) is 12.2. The minimum atomic E-state index is -5.01. The number of thioether (sulfide) groups is 1. The molecule has 4 aromatic rings. The van der Waals surface area contributed by atoms with E-state index in [1.807, 2.05) is 91.0 Å². The summed E-state index contributed by atoms with van der Waals surface area (Å²) in [6.07, 6.45) is -4.64. The van der Waals surface area contributed by atoms with E-state index >= 15 is 0 Å². The predicted octanol–water partition coefficient (Wildman–Crippen LogP) is 7.35. The molecule has 6 rings (SSSR count). The number of carbonyl (C=O) groups is 2. The molecule has 256 valence electrons. The van der Waals surface area contributed by atoms with Crippen LogP contribution >= 0.6 is 11.8 Å². The van der Waals surface area contributed by atoms with Crippen LogP contribution in [0.15, 0.2) is 108 Å². The van der Waals surface area contributed by atoms with Gasteiger partial charge in [0.1, 0.15) is 6.04 Å². The fraction of sp³-hybridized carbons (Fsp3) is 0.316. The Morgan fingerprint density at radius 1 is 0.857 bits per heavy atom. The Morgan fingerprint density at radius 3 is 2.31 bits per heavy atom. The quantitative estimate of drug-likeness (QED) is 0.169. The van der Waals surface area contributed by atoms with Gasteiger partial charge in [-0.25, -0.2) is 0 Å². The van der Waals surface area contributed by atoms with Gasteiger partial charge in [0, 0.05) is 35.7 Å². The fourth-order valence-corrected chi connectivity index (χ4v) is 7.12. The summed E-state index contributed by atoms with van der Waals surface area (Å²) in [5.41, 5.74) is 5.33. The van der Waals surface area contributed by atoms with Gasteiger partial charge in [-0.15, -0.1) is 11.8 Å². The summed E-state index contributed by atoms with van der Waals surface area (Å²) in [5.74, 6) is -1.82. The third-order valence-electron chi connectivity index (χ3n) is 8.76. The van der Waals surface area contributed by atoms with Crippen LogP contribution in [0.25, 0.3) is 11.1 Å². The van der Waals surface area contributed by atoms with Crippen molar-refractivity contribution in [2.45, 2.75) is 68.0 Å². The molecule has 0 saturated carbocycles. The average molecular weight is 691 g/mol. The Hall–Kier alpha value is -4.16. The first kappa shape index (κ1) is 34.7. The van der Waals surface area contributed by atoms with Crippen LogP contribution in [0.1, 0.15) is 53.9 Å². The number of likely N-dealkylation sites (tertiary alicyclic amines) is 1. The van der Waals surface area contributed by atoms with Crippen LogP contribution in [-0.2, 0) is 32.2 Å². The van der Waals surface area contributed by atoms with E-state index in [1.54, 1.807) is 11.8 Å². The summed E-state index contributed by atoms with van der Waals surface area (Å²) in [6, 6.07) is 32.3. The van der Waals surface area contributed by atoms with Gasteiger partial charge in [0.25, 0.3) is 0 Å². The van der Waals surface area contributed by atoms with Gasteiger partial charge in [-0.2, -0.15) is 13.2 Å². The Morgan fingerprint density at radius 2 is 1.59 bits per heavy atom. The van der Waals surface area contributed by atoms with E-state index in [2.05, 4.69) is 17.4 Å². The number of rotatable bonds is 10. The molecule has 4 aromatic carbocycles. The van der Waals surface area contributed by atoms with Gasteiger partial charge in [-0.3, -0.25) is 9.59 Å². The molecule has 0 aliphatic carbocycles. The van der Waals surface area contributed by atoms with Crippen LogP contribution < -0.4 is 5.32 Å². The molecule has 0 bridgehead atoms. The monoisotopic (exact) mass is 690 g/mol. The molecule has 2 saturated heterocycles. The summed E-state index contributed by atoms with van der Waals surface area (Å²) < 4.78 is 52.0. The van der Waals surface area contributed by atoms with Gasteiger partial charge in [-0.05, 0) is 58.9 Å². The Balaban J connectivity index is 1.12. The number of aliphatic hydroxyl groups excluding tert-OH is 1. The molecule has 49 heavy (non-hydrogen) atoms. The maximum Gasteiger partial charge on any atom is 0.471 e. The SMILES string of the molecule is O=C(NCc1cccc(-c2ccc([C@H]3O[C@@H](CSc4ccccc4)C[C@@H](c4ccc(CO)cc4)O3)cc2)c1)[C@@H]1CCCN1C(=O)C(F)(F)F. The number of halogens is 3. The summed E-state index contributed by atoms with van der Waals surface area (Å²) >= 11 is 1.74. The molecule has 2 heterocycles. The van der Waals surface area contributed by atoms with Crippen molar-refractivity contribution in [3.05, 3.63) is 125 Å². The first-order valence-electron chi connectivity index (χ1n) is 16.2. The lowest BCUT2D eigenvalue weighted by Crippen LogP contribution is -2.50. The van der Waals surface area contributed by atoms with E-state index < -0.39 is 30.3 Å². The van der Waals surface area contributed by atoms with E-state index in [0.717, 1.165) is 39.1 Å². The van der Waals surface area contributed by atoms with Crippen LogP contribution in [-0.4, -0.2) is 52.4 Å². The molecule has 4 atom stereocenters. The number of alkyl halides is 3. The van der Waals surface area contributed by atoms with Crippen molar-refractivity contribution < 1.29 is 37.3 Å². The number of benzene rings is 4. The maximum absolute atomic E-state index is 13.0. The number of hydrogen-bond acceptors (Lipinski definition) is 6. The van der Waals surface area contributed by atoms with Crippen molar-refractivity contribution in [2.24, 2.45) is 0 Å². The topological polar surface area (TPSA) is 88.1 Å². The van der Waals surface area contributed by atoms with Gasteiger partial charge in [0.2, 0.25) is 5.91 Å². The molecule has 2 aliphatic heterocycles. The second-order valence-electron chi connectivity index (χ2n) is 12.2. The van der Waals surface area contributed by atoms with E-state index in [0.29, 0.717) is 17.7 Å². The molecule has 7 nitrogen and oxygen atoms in total. The smallest absolute Gasteiger partial charge is 0.392 e. The van der Waals surface area contributed by atoms with E-state index in [-0.39, 0.29) is 38.3 Å². The highest BCUT2D eigenvalue weighted by Crippen LogP contribution is 2.40. The second-order valence-corrected chi connectivity index (χ2v) is 13.3. The van der Waals surface area contributed by atoms with E-state index in [4.69, 9.17) is 9.47 Å². The first-order chi connectivity index (χ1) is 23.7. The molecule has 0 unspecified atom stereocenters. The standard InChI is InChI=1S/C38H37F3N2O5S/c39-38(40,41)37(46)43-19-5-10-33(43)35(45)42-22-26-6-4-7-30(20-26)27-15-17-29(18-16-27)36-47-31(24-49-32-8-2-1-3-9-32)21-34(48-36)28-13-11-25(23-44)12-14-28/h1-4,6-9,11-18,20,31,33-34,36,44H,5,10,19,21-24H2,(H,42,45)/t31-,33+,34+,36+/m1/s1. The molecule has 2 amide bonds. The molecular formula is C38H37F3N2O5S. The first-order valence-corrected chi connectivity index (χ1v) is 17.2. The van der Waals surface area contributed by atoms with Gasteiger partial charge in [0.05, 0.1) is 18.8 Å². The zero-order chi connectivity index (χ0) is 34.4. The molecule has 11 heteroatoms. The minimum Gasteiger partial charge on any atom is -0.392 e. The molecule has 0 spiro atoms. The number of aliphatic hydroxyl groups is 1. The molecule has 0 aromatic heterocycles. The number of nitrogens with zero attached hydrogens (tertiary/aromatic N) is 1. The lowest BCUT2D eigenvalue weighted by molar-refractivity contribution is -0.245. The van der Waals surface area contributed by atoms with Crippen molar-refractivity contribution >= 4 is 23.6 Å². The highest BCUT2D eigenvalue weighted by Gasteiger charge is 2.47. The zero-order valence-electron chi connectivity index (χ0n) is 26.6. The van der Waals surface area contributed by atoms with E-state index in [1.165, 1.54) is 4.90 Å². The molecule has 2 aliphatic rings. The number of hydrogen-bond donors (Lipinski definition) is 2. The number of amides is 2. The van der Waals surface area contributed by atoms with Crippen LogP contribution in [0, 0.1) is 0 Å². The van der Waals surface area contributed by atoms with Crippen molar-refractivity contribution in [1.29, 1.82) is 0 Å². The van der Waals surface area contributed by atoms with Gasteiger partial charge >= 0.3 is 12.1 Å². The Bertz CT molecular complexity index is 1720. The average Bonchev–Trinajstić information content (AvgIpc) is 3.63. The lowest BCUT2D eigenvalue weighted by atomic mass is 9.99. The number of carbonyl (C=O) groups excluding carboxylic acids is 2. The number of nitrogens with one attached hydrogen (secondary N) is 1. The van der Waals surface area contributed by atoms with Gasteiger partial charge < -0.3 is 24.8 Å². The van der Waals surface area contributed by atoms with Crippen molar-refractivity contribution in [3.8, 4) is 11.1 Å². The van der Waals surface area contributed by atoms with Crippen LogP contribution in [0.3, 0.4) is 0 Å². The highest BCUT2D eigenvalue weighted by molar-refractivity contribution is 7.99. The summed E-state index contributed by atoms with van der Waals surface area (Å²) in [4.78, 5) is 26.3. The summed E-state index contributed by atoms with van der Waals surface area (Å²) in [6.45, 7) is -0.00282. The maximum atomic E-state index is 13.0. The van der Waals surface area contributed by atoms with Gasteiger partial charge in [-0.1, -0.05) is 84.9 Å². The molecule has 2 N–H and O–H groups in total. The number of ether oxygens (including phenoxy) is 2. The Labute approximate surface area is 287 Å². The van der Waals surface area contributed by atoms with Crippen molar-refractivity contribution in [1.82, 2.24) is 10.2 Å². The highest BCUT2D eigenvalue weighted by atomic mass is 32.2. The summed E-state index contributed by atoms with van der Waals surface area (Å²) in [7, 11) is 0. The fourth-order valence-electron chi connectivity index (χ4n) is 6.17. The molecular weight excluding hydrogens is 653 g/mol. The Kier molecular flexibility index (Phi) is 11.0. The van der Waals surface area contributed by atoms with E-state index in [9.17, 15) is 27.9 Å². The van der Waals surface area contributed by atoms with Gasteiger partial charge in [0.15, 0.2) is 6.29 Å². The molecule has 0 radical (unpaired) electrons. The molecule has 2 fully saturated rings. The third kappa shape index (κ3) is 8.72. The van der Waals surface area contributed by atoms with Crippen molar-refractivity contribution in [3.63, 3.8) is 0 Å². The lowest BCUT2D eigenvalue weighted by Gasteiger charge is -2.36. The zero-order valence-corrected chi connectivity index (χ0v) is 27.5. The predicted molar refractivity (Wildman–Crippen MR) is 180 cm³/mol. The van der Waals surface area contributed by atoms with Crippen LogP contribution in [0.2, 0.25) is 0 Å².